The van der Waals surface area contributed by atoms with Gasteiger partial charge in [-0.2, -0.15) is 0 Å². The number of aromatic nitrogens is 2. The lowest BCUT2D eigenvalue weighted by Crippen LogP contribution is -2.42. The molecule has 32 heavy (non-hydrogen) atoms. The second kappa shape index (κ2) is 8.96. The summed E-state index contributed by atoms with van der Waals surface area (Å²) in [6.45, 7) is 6.08. The summed E-state index contributed by atoms with van der Waals surface area (Å²) in [6.07, 6.45) is 0.705. The molecule has 0 spiro atoms. The van der Waals surface area contributed by atoms with Gasteiger partial charge in [-0.05, 0) is 19.1 Å². The fraction of sp³-hybridized carbons (Fsp3) is 0.320. The van der Waals surface area contributed by atoms with Crippen molar-refractivity contribution in [3.05, 3.63) is 71.4 Å². The van der Waals surface area contributed by atoms with E-state index in [-0.39, 0.29) is 6.03 Å². The minimum absolute atomic E-state index is 0.0976. The molecule has 1 saturated heterocycles. The van der Waals surface area contributed by atoms with Crippen molar-refractivity contribution in [2.45, 2.75) is 19.9 Å². The molecule has 1 fully saturated rings. The van der Waals surface area contributed by atoms with Gasteiger partial charge in [-0.3, -0.25) is 0 Å². The number of urea groups is 1. The minimum Gasteiger partial charge on any atom is -0.378 e. The fourth-order valence-electron chi connectivity index (χ4n) is 4.16. The third-order valence-corrected chi connectivity index (χ3v) is 5.97. The van der Waals surface area contributed by atoms with Gasteiger partial charge >= 0.3 is 6.03 Å². The SMILES string of the molecule is Cc1ccc(NC(=O)N2CCc3nc(-c4ccccc4)nc(N4CCOCC4)c3C2)cc1. The van der Waals surface area contributed by atoms with Crippen LogP contribution in [0, 0.1) is 6.92 Å². The van der Waals surface area contributed by atoms with Crippen molar-refractivity contribution in [3.8, 4) is 11.4 Å². The van der Waals surface area contributed by atoms with Crippen LogP contribution in [0.4, 0.5) is 16.3 Å². The molecule has 0 saturated carbocycles. The molecule has 3 heterocycles. The Labute approximate surface area is 188 Å². The topological polar surface area (TPSA) is 70.6 Å². The Morgan fingerprint density at radius 3 is 2.47 bits per heavy atom. The lowest BCUT2D eigenvalue weighted by molar-refractivity contribution is 0.122. The zero-order valence-electron chi connectivity index (χ0n) is 18.3. The van der Waals surface area contributed by atoms with Crippen molar-refractivity contribution in [3.63, 3.8) is 0 Å². The van der Waals surface area contributed by atoms with Gasteiger partial charge in [-0.25, -0.2) is 14.8 Å². The van der Waals surface area contributed by atoms with Crippen molar-refractivity contribution in [1.82, 2.24) is 14.9 Å². The van der Waals surface area contributed by atoms with E-state index in [0.717, 1.165) is 52.8 Å². The van der Waals surface area contributed by atoms with Gasteiger partial charge in [-0.15, -0.1) is 0 Å². The molecule has 1 aromatic heterocycles. The molecule has 2 aliphatic rings. The molecule has 2 aromatic carbocycles. The van der Waals surface area contributed by atoms with Crippen LogP contribution in [0.5, 0.6) is 0 Å². The molecule has 5 rings (SSSR count). The highest BCUT2D eigenvalue weighted by Gasteiger charge is 2.28. The minimum atomic E-state index is -0.0976. The molecule has 2 aliphatic heterocycles. The first-order valence-electron chi connectivity index (χ1n) is 11.1. The van der Waals surface area contributed by atoms with Crippen LogP contribution in [0.2, 0.25) is 0 Å². The van der Waals surface area contributed by atoms with Crippen LogP contribution in [-0.2, 0) is 17.7 Å². The van der Waals surface area contributed by atoms with Gasteiger partial charge in [0, 0.05) is 42.9 Å². The van der Waals surface area contributed by atoms with Gasteiger partial charge in [0.05, 0.1) is 25.5 Å². The number of anilines is 2. The van der Waals surface area contributed by atoms with Gasteiger partial charge in [0.15, 0.2) is 5.82 Å². The van der Waals surface area contributed by atoms with Crippen LogP contribution in [0.3, 0.4) is 0 Å². The second-order valence-electron chi connectivity index (χ2n) is 8.23. The Morgan fingerprint density at radius 2 is 1.72 bits per heavy atom. The highest BCUT2D eigenvalue weighted by atomic mass is 16.5. The van der Waals surface area contributed by atoms with Gasteiger partial charge in [0.25, 0.3) is 0 Å². The average Bonchev–Trinajstić information content (AvgIpc) is 2.85. The standard InChI is InChI=1S/C25H27N5O2/c1-18-7-9-20(10-8-18)26-25(31)30-12-11-22-21(17-30)24(29-13-15-32-16-14-29)28-23(27-22)19-5-3-2-4-6-19/h2-10H,11-17H2,1H3,(H,26,31). The molecule has 3 aromatic rings. The zero-order valence-corrected chi connectivity index (χ0v) is 18.3. The summed E-state index contributed by atoms with van der Waals surface area (Å²) in [5.74, 6) is 1.66. The average molecular weight is 430 g/mol. The molecule has 164 valence electrons. The van der Waals surface area contributed by atoms with Crippen LogP contribution < -0.4 is 10.2 Å². The predicted molar refractivity (Wildman–Crippen MR) is 125 cm³/mol. The Balaban J connectivity index is 1.44. The van der Waals surface area contributed by atoms with Crippen LogP contribution >= 0.6 is 0 Å². The number of carbonyl (C=O) groups excluding carboxylic acids is 1. The van der Waals surface area contributed by atoms with Crippen molar-refractivity contribution in [1.29, 1.82) is 0 Å². The van der Waals surface area contributed by atoms with E-state index in [1.807, 2.05) is 66.4 Å². The molecule has 0 aliphatic carbocycles. The zero-order chi connectivity index (χ0) is 21.9. The molecule has 2 amide bonds. The fourth-order valence-corrected chi connectivity index (χ4v) is 4.16. The molecule has 7 heteroatoms. The molecule has 0 unspecified atom stereocenters. The Bertz CT molecular complexity index is 1100. The van der Waals surface area contributed by atoms with Gasteiger partial charge < -0.3 is 19.9 Å². The van der Waals surface area contributed by atoms with Crippen molar-refractivity contribution in [2.24, 2.45) is 0 Å². The smallest absolute Gasteiger partial charge is 0.322 e. The number of rotatable bonds is 3. The summed E-state index contributed by atoms with van der Waals surface area (Å²) in [4.78, 5) is 27.0. The molecular weight excluding hydrogens is 402 g/mol. The number of hydrogen-bond donors (Lipinski definition) is 1. The van der Waals surface area contributed by atoms with E-state index < -0.39 is 0 Å². The molecular formula is C25H27N5O2. The number of amides is 2. The van der Waals surface area contributed by atoms with E-state index in [0.29, 0.717) is 32.7 Å². The molecule has 0 radical (unpaired) electrons. The maximum Gasteiger partial charge on any atom is 0.322 e. The van der Waals surface area contributed by atoms with E-state index in [1.54, 1.807) is 0 Å². The first-order chi connectivity index (χ1) is 15.7. The van der Waals surface area contributed by atoms with E-state index in [4.69, 9.17) is 14.7 Å². The van der Waals surface area contributed by atoms with Crippen molar-refractivity contribution >= 4 is 17.5 Å². The Kier molecular flexibility index (Phi) is 5.73. The monoisotopic (exact) mass is 429 g/mol. The van der Waals surface area contributed by atoms with Gasteiger partial charge in [-0.1, -0.05) is 48.0 Å². The van der Waals surface area contributed by atoms with E-state index >= 15 is 0 Å². The molecule has 0 atom stereocenters. The maximum atomic E-state index is 13.0. The first-order valence-corrected chi connectivity index (χ1v) is 11.1. The number of morpholine rings is 1. The number of aryl methyl sites for hydroxylation is 1. The summed E-state index contributed by atoms with van der Waals surface area (Å²) in [6, 6.07) is 17.8. The third-order valence-electron chi connectivity index (χ3n) is 5.97. The van der Waals surface area contributed by atoms with Crippen LogP contribution in [0.25, 0.3) is 11.4 Å². The summed E-state index contributed by atoms with van der Waals surface area (Å²) in [7, 11) is 0. The van der Waals surface area contributed by atoms with E-state index in [1.165, 1.54) is 0 Å². The summed E-state index contributed by atoms with van der Waals surface area (Å²) < 4.78 is 5.55. The predicted octanol–water partition coefficient (Wildman–Crippen LogP) is 3.88. The largest absolute Gasteiger partial charge is 0.378 e. The number of nitrogens with one attached hydrogen (secondary N) is 1. The number of hydrogen-bond acceptors (Lipinski definition) is 5. The van der Waals surface area contributed by atoms with Gasteiger partial charge in [0.2, 0.25) is 0 Å². The van der Waals surface area contributed by atoms with E-state index in [9.17, 15) is 4.79 Å². The Hall–Kier alpha value is -3.45. The van der Waals surface area contributed by atoms with Crippen molar-refractivity contribution in [2.75, 3.05) is 43.1 Å². The molecule has 1 N–H and O–H groups in total. The maximum absolute atomic E-state index is 13.0. The molecule has 7 nitrogen and oxygen atoms in total. The lowest BCUT2D eigenvalue weighted by Gasteiger charge is -2.34. The first kappa shape index (κ1) is 20.5. The van der Waals surface area contributed by atoms with Crippen LogP contribution in [-0.4, -0.2) is 53.7 Å². The summed E-state index contributed by atoms with van der Waals surface area (Å²) >= 11 is 0. The lowest BCUT2D eigenvalue weighted by atomic mass is 10.0. The highest BCUT2D eigenvalue weighted by Crippen LogP contribution is 2.30. The normalized spacial score (nSPS) is 15.9. The number of benzene rings is 2. The third kappa shape index (κ3) is 4.29. The number of fused-ring (bicyclic) bond motifs is 1. The molecule has 0 bridgehead atoms. The summed E-state index contributed by atoms with van der Waals surface area (Å²) in [5.41, 5.74) is 5.04. The number of ether oxygens (including phenoxy) is 1. The Morgan fingerprint density at radius 1 is 0.969 bits per heavy atom. The summed E-state index contributed by atoms with van der Waals surface area (Å²) in [5, 5.41) is 3.02. The van der Waals surface area contributed by atoms with E-state index in [2.05, 4.69) is 10.2 Å². The van der Waals surface area contributed by atoms with Crippen LogP contribution in [0.1, 0.15) is 16.8 Å². The van der Waals surface area contributed by atoms with Gasteiger partial charge in [0.1, 0.15) is 5.82 Å². The second-order valence-corrected chi connectivity index (χ2v) is 8.23. The number of carbonyl (C=O) groups is 1. The quantitative estimate of drug-likeness (QED) is 0.684. The number of nitrogens with zero attached hydrogens (tertiary/aromatic N) is 4. The van der Waals surface area contributed by atoms with Crippen LogP contribution in [0.15, 0.2) is 54.6 Å². The highest BCUT2D eigenvalue weighted by molar-refractivity contribution is 5.89. The van der Waals surface area contributed by atoms with Crippen molar-refractivity contribution < 1.29 is 9.53 Å².